The van der Waals surface area contributed by atoms with Gasteiger partial charge in [0.2, 0.25) is 0 Å². The average Bonchev–Trinajstić information content (AvgIpc) is 2.67. The number of hydrogen-bond acceptors (Lipinski definition) is 3. The number of amides is 2. The van der Waals surface area contributed by atoms with Crippen LogP contribution in [0, 0.1) is 5.82 Å². The second-order valence-corrected chi connectivity index (χ2v) is 6.02. The van der Waals surface area contributed by atoms with Crippen LogP contribution in [0.3, 0.4) is 0 Å². The van der Waals surface area contributed by atoms with Crippen molar-refractivity contribution in [3.63, 3.8) is 0 Å². The molecule has 2 aromatic carbocycles. The van der Waals surface area contributed by atoms with Crippen molar-refractivity contribution < 1.29 is 14.0 Å². The number of rotatable bonds is 2. The third-order valence-corrected chi connectivity index (χ3v) is 4.38. The van der Waals surface area contributed by atoms with Crippen LogP contribution in [0.15, 0.2) is 51.8 Å². The van der Waals surface area contributed by atoms with Gasteiger partial charge in [-0.15, -0.1) is 0 Å². The monoisotopic (exact) mass is 351 g/mol. The van der Waals surface area contributed by atoms with Gasteiger partial charge in [0.1, 0.15) is 5.82 Å². The molecule has 0 fully saturated rings. The number of fused-ring (bicyclic) bond motifs is 1. The molecule has 0 atom stereocenters. The molecule has 1 heterocycles. The zero-order valence-electron chi connectivity index (χ0n) is 9.97. The van der Waals surface area contributed by atoms with E-state index in [-0.39, 0.29) is 4.90 Å². The fourth-order valence-corrected chi connectivity index (χ4v) is 3.07. The second kappa shape index (κ2) is 5.03. The van der Waals surface area contributed by atoms with Gasteiger partial charge in [-0.2, -0.15) is 0 Å². The zero-order valence-corrected chi connectivity index (χ0v) is 12.4. The van der Waals surface area contributed by atoms with E-state index >= 15 is 0 Å². The van der Waals surface area contributed by atoms with Gasteiger partial charge in [0.05, 0.1) is 16.0 Å². The van der Waals surface area contributed by atoms with E-state index in [4.69, 9.17) is 0 Å². The first-order valence-electron chi connectivity index (χ1n) is 5.69. The average molecular weight is 352 g/mol. The molecule has 20 heavy (non-hydrogen) atoms. The molecule has 2 aromatic rings. The highest BCUT2D eigenvalue weighted by atomic mass is 79.9. The molecule has 0 aliphatic carbocycles. The van der Waals surface area contributed by atoms with Gasteiger partial charge in [-0.25, -0.2) is 8.70 Å². The fourth-order valence-electron chi connectivity index (χ4n) is 1.90. The Kier molecular flexibility index (Phi) is 3.35. The molecular formula is C14H7BrFNO2S. The summed E-state index contributed by atoms with van der Waals surface area (Å²) >= 11 is 3.96. The third kappa shape index (κ3) is 2.14. The van der Waals surface area contributed by atoms with E-state index in [9.17, 15) is 14.0 Å². The Hall–Kier alpha value is -1.66. The van der Waals surface area contributed by atoms with E-state index in [1.165, 1.54) is 12.1 Å². The molecule has 0 spiro atoms. The van der Waals surface area contributed by atoms with Gasteiger partial charge in [0.25, 0.3) is 11.8 Å². The minimum Gasteiger partial charge on any atom is -0.268 e. The summed E-state index contributed by atoms with van der Waals surface area (Å²) < 4.78 is 15.4. The highest BCUT2D eigenvalue weighted by molar-refractivity contribution is 9.10. The minimum absolute atomic E-state index is 0.225. The molecule has 0 aromatic heterocycles. The summed E-state index contributed by atoms with van der Waals surface area (Å²) in [5.74, 6) is -1.32. The Morgan fingerprint density at radius 2 is 1.60 bits per heavy atom. The van der Waals surface area contributed by atoms with Crippen molar-refractivity contribution in [1.29, 1.82) is 0 Å². The molecule has 0 bridgehead atoms. The van der Waals surface area contributed by atoms with Crippen molar-refractivity contribution in [3.05, 3.63) is 63.9 Å². The Morgan fingerprint density at radius 3 is 2.15 bits per heavy atom. The number of nitrogens with zero attached hydrogens (tertiary/aromatic N) is 1. The Morgan fingerprint density at radius 1 is 1.00 bits per heavy atom. The van der Waals surface area contributed by atoms with Crippen LogP contribution in [-0.2, 0) is 0 Å². The van der Waals surface area contributed by atoms with Gasteiger partial charge < -0.3 is 0 Å². The molecule has 6 heteroatoms. The molecule has 0 saturated carbocycles. The predicted octanol–water partition coefficient (Wildman–Crippen LogP) is 3.89. The lowest BCUT2D eigenvalue weighted by molar-refractivity contribution is 0.0777. The molecule has 0 N–H and O–H groups in total. The van der Waals surface area contributed by atoms with Crippen LogP contribution in [0.5, 0.6) is 0 Å². The SMILES string of the molecule is O=C1c2ccccc2C(=O)N1Sc1ccc(Br)cc1F. The second-order valence-electron chi connectivity index (χ2n) is 4.12. The first-order valence-corrected chi connectivity index (χ1v) is 7.25. The lowest BCUT2D eigenvalue weighted by atomic mass is 10.1. The first kappa shape index (κ1) is 13.3. The topological polar surface area (TPSA) is 37.4 Å². The van der Waals surface area contributed by atoms with Crippen molar-refractivity contribution in [2.45, 2.75) is 4.90 Å². The van der Waals surface area contributed by atoms with E-state index in [1.54, 1.807) is 30.3 Å². The summed E-state index contributed by atoms with van der Waals surface area (Å²) in [5.41, 5.74) is 0.699. The molecular weight excluding hydrogens is 345 g/mol. The maximum atomic E-state index is 13.8. The standard InChI is InChI=1S/C14H7BrFNO2S/c15-8-5-6-12(11(16)7-8)20-17-13(18)9-3-1-2-4-10(9)14(17)19/h1-7H. The van der Waals surface area contributed by atoms with Gasteiger partial charge in [-0.05, 0) is 30.3 Å². The summed E-state index contributed by atoms with van der Waals surface area (Å²) in [6.07, 6.45) is 0. The van der Waals surface area contributed by atoms with Crippen LogP contribution >= 0.6 is 27.9 Å². The van der Waals surface area contributed by atoms with Gasteiger partial charge >= 0.3 is 0 Å². The van der Waals surface area contributed by atoms with Crippen LogP contribution in [0.2, 0.25) is 0 Å². The van der Waals surface area contributed by atoms with Crippen molar-refractivity contribution in [1.82, 2.24) is 4.31 Å². The van der Waals surface area contributed by atoms with Gasteiger partial charge in [-0.1, -0.05) is 28.1 Å². The fraction of sp³-hybridized carbons (Fsp3) is 0. The number of hydrogen-bond donors (Lipinski definition) is 0. The van der Waals surface area contributed by atoms with E-state index in [1.807, 2.05) is 0 Å². The van der Waals surface area contributed by atoms with Crippen molar-refractivity contribution in [2.24, 2.45) is 0 Å². The van der Waals surface area contributed by atoms with E-state index in [0.717, 1.165) is 16.3 Å². The smallest absolute Gasteiger partial charge is 0.268 e. The molecule has 0 saturated heterocycles. The van der Waals surface area contributed by atoms with Crippen LogP contribution < -0.4 is 0 Å². The number of benzene rings is 2. The Balaban J connectivity index is 1.94. The van der Waals surface area contributed by atoms with Crippen molar-refractivity contribution >= 4 is 39.7 Å². The van der Waals surface area contributed by atoms with Gasteiger partial charge in [0, 0.05) is 16.4 Å². The zero-order chi connectivity index (χ0) is 14.3. The molecule has 1 aliphatic heterocycles. The molecule has 3 nitrogen and oxygen atoms in total. The number of imide groups is 1. The van der Waals surface area contributed by atoms with Crippen molar-refractivity contribution in [3.8, 4) is 0 Å². The molecule has 100 valence electrons. The van der Waals surface area contributed by atoms with Crippen LogP contribution in [0.4, 0.5) is 4.39 Å². The van der Waals surface area contributed by atoms with Crippen LogP contribution in [0.1, 0.15) is 20.7 Å². The van der Waals surface area contributed by atoms with E-state index in [2.05, 4.69) is 15.9 Å². The van der Waals surface area contributed by atoms with Gasteiger partial charge in [0.15, 0.2) is 0 Å². The summed E-state index contributed by atoms with van der Waals surface area (Å²) in [5, 5.41) is 0. The molecule has 3 rings (SSSR count). The molecule has 0 radical (unpaired) electrons. The summed E-state index contributed by atoms with van der Waals surface area (Å²) in [6, 6.07) is 11.0. The Bertz CT molecular complexity index is 700. The van der Waals surface area contributed by atoms with E-state index in [0.29, 0.717) is 15.6 Å². The highest BCUT2D eigenvalue weighted by Crippen LogP contribution is 2.34. The summed E-state index contributed by atoms with van der Waals surface area (Å²) in [6.45, 7) is 0. The highest BCUT2D eigenvalue weighted by Gasteiger charge is 2.36. The predicted molar refractivity (Wildman–Crippen MR) is 76.9 cm³/mol. The molecule has 1 aliphatic rings. The summed E-state index contributed by atoms with van der Waals surface area (Å²) in [4.78, 5) is 24.5. The lowest BCUT2D eigenvalue weighted by Gasteiger charge is -2.12. The quantitative estimate of drug-likeness (QED) is 0.608. The maximum Gasteiger partial charge on any atom is 0.272 e. The molecule has 0 unspecified atom stereocenters. The van der Waals surface area contributed by atoms with Crippen LogP contribution in [0.25, 0.3) is 0 Å². The Labute approximate surface area is 127 Å². The van der Waals surface area contributed by atoms with Crippen molar-refractivity contribution in [2.75, 3.05) is 0 Å². The minimum atomic E-state index is -0.485. The lowest BCUT2D eigenvalue weighted by Crippen LogP contribution is -2.22. The van der Waals surface area contributed by atoms with Crippen LogP contribution in [-0.4, -0.2) is 16.1 Å². The number of carbonyl (C=O) groups excluding carboxylic acids is 2. The summed E-state index contributed by atoms with van der Waals surface area (Å²) in [7, 11) is 0. The maximum absolute atomic E-state index is 13.8. The number of carbonyl (C=O) groups is 2. The first-order chi connectivity index (χ1) is 9.58. The normalized spacial score (nSPS) is 13.8. The van der Waals surface area contributed by atoms with Gasteiger partial charge in [-0.3, -0.25) is 9.59 Å². The largest absolute Gasteiger partial charge is 0.272 e. The van der Waals surface area contributed by atoms with E-state index < -0.39 is 17.6 Å². The number of halogens is 2. The third-order valence-electron chi connectivity index (χ3n) is 2.84. The molecule has 2 amide bonds.